The van der Waals surface area contributed by atoms with E-state index >= 15 is 0 Å². The zero-order valence-electron chi connectivity index (χ0n) is 14.4. The number of nitro groups is 1. The van der Waals surface area contributed by atoms with Crippen molar-refractivity contribution in [3.63, 3.8) is 0 Å². The Kier molecular flexibility index (Phi) is 6.36. The highest BCUT2D eigenvalue weighted by Crippen LogP contribution is 2.29. The number of nitro benzene ring substituents is 1. The topological polar surface area (TPSA) is 117 Å². The van der Waals surface area contributed by atoms with Crippen LogP contribution in [0.1, 0.15) is 5.56 Å². The molecule has 2 rings (SSSR count). The molecule has 8 nitrogen and oxygen atoms in total. The molecule has 0 radical (unpaired) electrons. The van der Waals surface area contributed by atoms with Crippen LogP contribution in [0.3, 0.4) is 0 Å². The number of aryl methyl sites for hydroxylation is 1. The van der Waals surface area contributed by atoms with Crippen LogP contribution in [-0.2, 0) is 4.79 Å². The summed E-state index contributed by atoms with van der Waals surface area (Å²) in [5, 5.41) is 25.9. The molecule has 0 aliphatic rings. The maximum atomic E-state index is 12.3. The minimum atomic E-state index is -0.699. The highest BCUT2D eigenvalue weighted by molar-refractivity contribution is 6.31. The molecule has 0 aliphatic heterocycles. The van der Waals surface area contributed by atoms with Crippen LogP contribution in [0, 0.1) is 28.4 Å². The molecule has 0 bridgehead atoms. The predicted octanol–water partition coefficient (Wildman–Crippen LogP) is 4.02. The molecule has 27 heavy (non-hydrogen) atoms. The summed E-state index contributed by atoms with van der Waals surface area (Å²) in [5.74, 6) is -0.594. The van der Waals surface area contributed by atoms with E-state index in [9.17, 15) is 20.2 Å². The first-order valence-corrected chi connectivity index (χ1v) is 8.00. The van der Waals surface area contributed by atoms with Crippen molar-refractivity contribution in [2.75, 3.05) is 17.7 Å². The third kappa shape index (κ3) is 4.96. The summed E-state index contributed by atoms with van der Waals surface area (Å²) in [4.78, 5) is 22.6. The average molecular weight is 387 g/mol. The summed E-state index contributed by atoms with van der Waals surface area (Å²) in [7, 11) is 1.32. The van der Waals surface area contributed by atoms with Gasteiger partial charge in [-0.15, -0.1) is 0 Å². The molecule has 0 aromatic heterocycles. The van der Waals surface area contributed by atoms with E-state index in [2.05, 4.69) is 10.6 Å². The smallest absolute Gasteiger partial charge is 0.273 e. The number of non-ortho nitro benzene ring substituents is 1. The molecule has 1 amide bonds. The zero-order valence-corrected chi connectivity index (χ0v) is 15.2. The van der Waals surface area contributed by atoms with Gasteiger partial charge in [0.1, 0.15) is 17.4 Å². The maximum Gasteiger partial charge on any atom is 0.273 e. The van der Waals surface area contributed by atoms with Gasteiger partial charge in [-0.25, -0.2) is 0 Å². The van der Waals surface area contributed by atoms with Crippen molar-refractivity contribution in [2.45, 2.75) is 6.92 Å². The first-order valence-electron chi connectivity index (χ1n) is 7.62. The molecule has 9 heteroatoms. The minimum absolute atomic E-state index is 0.105. The number of benzene rings is 2. The molecule has 2 N–H and O–H groups in total. The molecule has 0 spiro atoms. The van der Waals surface area contributed by atoms with E-state index in [0.29, 0.717) is 10.7 Å². The van der Waals surface area contributed by atoms with Gasteiger partial charge in [-0.2, -0.15) is 5.26 Å². The molecule has 0 saturated carbocycles. The Morgan fingerprint density at radius 1 is 1.33 bits per heavy atom. The van der Waals surface area contributed by atoms with E-state index in [0.717, 1.165) is 5.56 Å². The molecule has 0 atom stereocenters. The van der Waals surface area contributed by atoms with E-state index in [-0.39, 0.29) is 22.7 Å². The largest absolute Gasteiger partial charge is 0.494 e. The van der Waals surface area contributed by atoms with Crippen LogP contribution in [0.4, 0.5) is 17.1 Å². The van der Waals surface area contributed by atoms with Gasteiger partial charge in [-0.3, -0.25) is 14.9 Å². The monoisotopic (exact) mass is 386 g/mol. The number of ether oxygens (including phenoxy) is 1. The Balaban J connectivity index is 2.18. The van der Waals surface area contributed by atoms with E-state index < -0.39 is 10.8 Å². The lowest BCUT2D eigenvalue weighted by atomic mass is 10.2. The van der Waals surface area contributed by atoms with Crippen LogP contribution in [0.15, 0.2) is 48.2 Å². The molecule has 138 valence electrons. The first kappa shape index (κ1) is 19.8. The summed E-state index contributed by atoms with van der Waals surface area (Å²) < 4.78 is 5.05. The van der Waals surface area contributed by atoms with Gasteiger partial charge in [-0.1, -0.05) is 17.7 Å². The fourth-order valence-electron chi connectivity index (χ4n) is 2.07. The zero-order chi connectivity index (χ0) is 20.0. The average Bonchev–Trinajstić information content (AvgIpc) is 2.65. The summed E-state index contributed by atoms with van der Waals surface area (Å²) in [6.45, 7) is 1.85. The van der Waals surface area contributed by atoms with E-state index in [1.807, 2.05) is 6.92 Å². The van der Waals surface area contributed by atoms with Crippen molar-refractivity contribution in [1.29, 1.82) is 5.26 Å². The van der Waals surface area contributed by atoms with Crippen LogP contribution in [0.2, 0.25) is 5.02 Å². The highest BCUT2D eigenvalue weighted by atomic mass is 35.5. The third-order valence-electron chi connectivity index (χ3n) is 3.56. The molecule has 0 unspecified atom stereocenters. The minimum Gasteiger partial charge on any atom is -0.494 e. The van der Waals surface area contributed by atoms with Crippen molar-refractivity contribution in [3.05, 3.63) is 68.9 Å². The number of carbonyl (C=O) groups is 1. The number of nitrogens with one attached hydrogen (secondary N) is 2. The molecule has 0 aliphatic carbocycles. The highest BCUT2D eigenvalue weighted by Gasteiger charge is 2.15. The normalized spacial score (nSPS) is 10.7. The number of anilines is 2. The second-order valence-corrected chi connectivity index (χ2v) is 5.78. The SMILES string of the molecule is COc1cc([N+](=O)[O-])ccc1NC(=O)/C(C#N)=C\Nc1ccc(C)c(Cl)c1. The van der Waals surface area contributed by atoms with Crippen LogP contribution >= 0.6 is 11.6 Å². The molecular formula is C18H15ClN4O4. The Bertz CT molecular complexity index is 966. The number of hydrogen-bond acceptors (Lipinski definition) is 6. The van der Waals surface area contributed by atoms with Crippen LogP contribution in [-0.4, -0.2) is 17.9 Å². The molecular weight excluding hydrogens is 372 g/mol. The lowest BCUT2D eigenvalue weighted by Gasteiger charge is -2.10. The lowest BCUT2D eigenvalue weighted by Crippen LogP contribution is -2.15. The molecule has 0 heterocycles. The lowest BCUT2D eigenvalue weighted by molar-refractivity contribution is -0.384. The quantitative estimate of drug-likeness (QED) is 0.335. The van der Waals surface area contributed by atoms with Crippen molar-refractivity contribution in [1.82, 2.24) is 0 Å². The van der Waals surface area contributed by atoms with Gasteiger partial charge < -0.3 is 15.4 Å². The number of nitriles is 1. The van der Waals surface area contributed by atoms with E-state index in [1.165, 1.54) is 31.5 Å². The number of methoxy groups -OCH3 is 1. The predicted molar refractivity (Wildman–Crippen MR) is 102 cm³/mol. The summed E-state index contributed by atoms with van der Waals surface area (Å²) in [6, 6.07) is 10.7. The van der Waals surface area contributed by atoms with Gasteiger partial charge in [0.05, 0.1) is 23.8 Å². The summed E-state index contributed by atoms with van der Waals surface area (Å²) >= 11 is 6.03. The first-order chi connectivity index (χ1) is 12.8. The summed E-state index contributed by atoms with van der Waals surface area (Å²) in [5.41, 5.74) is 1.33. The van der Waals surface area contributed by atoms with Crippen molar-refractivity contribution in [3.8, 4) is 11.8 Å². The fourth-order valence-corrected chi connectivity index (χ4v) is 2.25. The standard InChI is InChI=1S/C18H15ClN4O4/c1-11-3-4-13(7-15(11)19)21-10-12(9-20)18(24)22-16-6-5-14(23(25)26)8-17(16)27-2/h3-8,10,21H,1-2H3,(H,22,24)/b12-10-. The molecule has 2 aromatic carbocycles. The second-order valence-electron chi connectivity index (χ2n) is 5.37. The number of carbonyl (C=O) groups excluding carboxylic acids is 1. The van der Waals surface area contributed by atoms with Crippen LogP contribution in [0.25, 0.3) is 0 Å². The molecule has 2 aromatic rings. The Morgan fingerprint density at radius 3 is 2.67 bits per heavy atom. The van der Waals surface area contributed by atoms with Gasteiger partial charge in [0.25, 0.3) is 11.6 Å². The van der Waals surface area contributed by atoms with Crippen molar-refractivity contribution >= 4 is 34.6 Å². The Morgan fingerprint density at radius 2 is 2.07 bits per heavy atom. The summed E-state index contributed by atoms with van der Waals surface area (Å²) in [6.07, 6.45) is 1.24. The molecule has 0 saturated heterocycles. The Labute approximate surface area is 160 Å². The molecule has 0 fully saturated rings. The number of rotatable bonds is 6. The number of halogens is 1. The number of amides is 1. The fraction of sp³-hybridized carbons (Fsp3) is 0.111. The second kappa shape index (κ2) is 8.69. The van der Waals surface area contributed by atoms with Gasteiger partial charge in [0.15, 0.2) is 0 Å². The maximum absolute atomic E-state index is 12.3. The van der Waals surface area contributed by atoms with E-state index in [1.54, 1.807) is 24.3 Å². The van der Waals surface area contributed by atoms with Crippen molar-refractivity contribution < 1.29 is 14.5 Å². The van der Waals surface area contributed by atoms with Gasteiger partial charge in [0, 0.05) is 23.0 Å². The Hall–Kier alpha value is -3.57. The third-order valence-corrected chi connectivity index (χ3v) is 3.97. The number of hydrogen-bond donors (Lipinski definition) is 2. The van der Waals surface area contributed by atoms with Crippen LogP contribution < -0.4 is 15.4 Å². The van der Waals surface area contributed by atoms with Crippen molar-refractivity contribution in [2.24, 2.45) is 0 Å². The van der Waals surface area contributed by atoms with Gasteiger partial charge >= 0.3 is 0 Å². The van der Waals surface area contributed by atoms with E-state index in [4.69, 9.17) is 16.3 Å². The van der Waals surface area contributed by atoms with Gasteiger partial charge in [0.2, 0.25) is 0 Å². The number of nitrogens with zero attached hydrogens (tertiary/aromatic N) is 2. The van der Waals surface area contributed by atoms with Gasteiger partial charge in [-0.05, 0) is 30.7 Å². The van der Waals surface area contributed by atoms with Crippen LogP contribution in [0.5, 0.6) is 5.75 Å².